The van der Waals surface area contributed by atoms with Crippen molar-refractivity contribution in [1.82, 2.24) is 9.78 Å². The molecule has 2 heterocycles. The van der Waals surface area contributed by atoms with Crippen LogP contribution in [0.4, 0.5) is 5.69 Å². The molecule has 1 atom stereocenters. The number of nitrogens with zero attached hydrogens (tertiary/aromatic N) is 2. The summed E-state index contributed by atoms with van der Waals surface area (Å²) in [4.78, 5) is 0. The second kappa shape index (κ2) is 6.57. The molecular formula is C16H21N3O. The molecule has 0 radical (unpaired) electrons. The van der Waals surface area contributed by atoms with Crippen molar-refractivity contribution in [3.05, 3.63) is 48.3 Å². The lowest BCUT2D eigenvalue weighted by Gasteiger charge is -2.15. The maximum absolute atomic E-state index is 5.49. The molecule has 106 valence electrons. The Labute approximate surface area is 119 Å². The standard InChI is InChI=1S/C16H21N3O/c1-2-5-14(6-3-1)12-19-13-16(11-17-19)18-15-7-4-9-20-10-8-15/h1-3,5-6,11,13,15,18H,4,7-10,12H2. The summed E-state index contributed by atoms with van der Waals surface area (Å²) in [5, 5.41) is 7.99. The zero-order valence-electron chi connectivity index (χ0n) is 11.7. The molecule has 1 fully saturated rings. The van der Waals surface area contributed by atoms with Crippen LogP contribution in [0.5, 0.6) is 0 Å². The van der Waals surface area contributed by atoms with E-state index in [9.17, 15) is 0 Å². The maximum Gasteiger partial charge on any atom is 0.0728 e. The van der Waals surface area contributed by atoms with Crippen LogP contribution in [-0.2, 0) is 11.3 Å². The summed E-state index contributed by atoms with van der Waals surface area (Å²) in [6.45, 7) is 2.57. The van der Waals surface area contributed by atoms with E-state index in [4.69, 9.17) is 4.74 Å². The molecule has 1 unspecified atom stereocenters. The van der Waals surface area contributed by atoms with Crippen molar-refractivity contribution in [3.8, 4) is 0 Å². The molecule has 1 aliphatic heterocycles. The summed E-state index contributed by atoms with van der Waals surface area (Å²) in [5.74, 6) is 0. The molecular weight excluding hydrogens is 250 g/mol. The van der Waals surface area contributed by atoms with Crippen molar-refractivity contribution in [2.24, 2.45) is 0 Å². The average Bonchev–Trinajstić information content (AvgIpc) is 2.74. The summed E-state index contributed by atoms with van der Waals surface area (Å²) in [6.07, 6.45) is 7.37. The first-order valence-electron chi connectivity index (χ1n) is 7.31. The van der Waals surface area contributed by atoms with Gasteiger partial charge >= 0.3 is 0 Å². The van der Waals surface area contributed by atoms with Crippen LogP contribution in [0.15, 0.2) is 42.7 Å². The quantitative estimate of drug-likeness (QED) is 0.929. The van der Waals surface area contributed by atoms with Gasteiger partial charge in [0.25, 0.3) is 0 Å². The van der Waals surface area contributed by atoms with E-state index in [1.807, 2.05) is 16.9 Å². The van der Waals surface area contributed by atoms with E-state index >= 15 is 0 Å². The lowest BCUT2D eigenvalue weighted by molar-refractivity contribution is 0.144. The fraction of sp³-hybridized carbons (Fsp3) is 0.438. The van der Waals surface area contributed by atoms with E-state index in [1.54, 1.807) is 0 Å². The van der Waals surface area contributed by atoms with Gasteiger partial charge in [-0.15, -0.1) is 0 Å². The Morgan fingerprint density at radius 1 is 1.20 bits per heavy atom. The molecule has 1 saturated heterocycles. The highest BCUT2D eigenvalue weighted by Crippen LogP contribution is 2.15. The Balaban J connectivity index is 1.59. The summed E-state index contributed by atoms with van der Waals surface area (Å²) < 4.78 is 7.46. The second-order valence-corrected chi connectivity index (χ2v) is 5.30. The largest absolute Gasteiger partial charge is 0.381 e. The molecule has 4 nitrogen and oxygen atoms in total. The highest BCUT2D eigenvalue weighted by molar-refractivity contribution is 5.39. The predicted octanol–water partition coefficient (Wildman–Crippen LogP) is 2.91. The van der Waals surface area contributed by atoms with Gasteiger partial charge in [0.15, 0.2) is 0 Å². The Bertz CT molecular complexity index is 516. The number of aromatic nitrogens is 2. The number of rotatable bonds is 4. The molecule has 1 N–H and O–H groups in total. The molecule has 0 bridgehead atoms. The van der Waals surface area contributed by atoms with Gasteiger partial charge in [-0.05, 0) is 24.8 Å². The second-order valence-electron chi connectivity index (χ2n) is 5.30. The molecule has 0 aliphatic carbocycles. The van der Waals surface area contributed by atoms with Crippen LogP contribution in [0.3, 0.4) is 0 Å². The van der Waals surface area contributed by atoms with Crippen LogP contribution in [0.2, 0.25) is 0 Å². The highest BCUT2D eigenvalue weighted by atomic mass is 16.5. The minimum Gasteiger partial charge on any atom is -0.381 e. The number of hydrogen-bond acceptors (Lipinski definition) is 3. The van der Waals surface area contributed by atoms with Gasteiger partial charge in [-0.2, -0.15) is 5.10 Å². The van der Waals surface area contributed by atoms with Crippen LogP contribution in [0, 0.1) is 0 Å². The molecule has 1 aromatic heterocycles. The van der Waals surface area contributed by atoms with Crippen molar-refractivity contribution in [3.63, 3.8) is 0 Å². The van der Waals surface area contributed by atoms with E-state index in [0.717, 1.165) is 38.3 Å². The van der Waals surface area contributed by atoms with Crippen LogP contribution in [0.1, 0.15) is 24.8 Å². The Morgan fingerprint density at radius 3 is 3.00 bits per heavy atom. The van der Waals surface area contributed by atoms with E-state index in [1.165, 1.54) is 12.0 Å². The Hall–Kier alpha value is -1.81. The van der Waals surface area contributed by atoms with Crippen molar-refractivity contribution in [1.29, 1.82) is 0 Å². The molecule has 0 spiro atoms. The molecule has 20 heavy (non-hydrogen) atoms. The van der Waals surface area contributed by atoms with Crippen LogP contribution >= 0.6 is 0 Å². The minimum atomic E-state index is 0.506. The first-order valence-corrected chi connectivity index (χ1v) is 7.31. The lowest BCUT2D eigenvalue weighted by atomic mass is 10.1. The molecule has 3 rings (SSSR count). The first kappa shape index (κ1) is 13.2. The van der Waals surface area contributed by atoms with E-state index < -0.39 is 0 Å². The van der Waals surface area contributed by atoms with Gasteiger partial charge in [0, 0.05) is 25.5 Å². The smallest absolute Gasteiger partial charge is 0.0728 e. The third kappa shape index (κ3) is 3.61. The summed E-state index contributed by atoms with van der Waals surface area (Å²) in [6, 6.07) is 10.9. The van der Waals surface area contributed by atoms with Crippen molar-refractivity contribution in [2.75, 3.05) is 18.5 Å². The maximum atomic E-state index is 5.49. The van der Waals surface area contributed by atoms with Crippen molar-refractivity contribution >= 4 is 5.69 Å². The van der Waals surface area contributed by atoms with Gasteiger partial charge in [0.1, 0.15) is 0 Å². The van der Waals surface area contributed by atoms with Crippen LogP contribution < -0.4 is 5.32 Å². The number of benzene rings is 1. The lowest BCUT2D eigenvalue weighted by Crippen LogP contribution is -2.19. The van der Waals surface area contributed by atoms with Crippen molar-refractivity contribution < 1.29 is 4.74 Å². The van der Waals surface area contributed by atoms with Gasteiger partial charge in [-0.3, -0.25) is 4.68 Å². The van der Waals surface area contributed by atoms with Gasteiger partial charge in [0.2, 0.25) is 0 Å². The summed E-state index contributed by atoms with van der Waals surface area (Å²) >= 11 is 0. The van der Waals surface area contributed by atoms with Crippen LogP contribution in [0.25, 0.3) is 0 Å². The van der Waals surface area contributed by atoms with Gasteiger partial charge in [-0.1, -0.05) is 30.3 Å². The molecule has 0 amide bonds. The zero-order chi connectivity index (χ0) is 13.6. The molecule has 2 aromatic rings. The fourth-order valence-corrected chi connectivity index (χ4v) is 2.58. The predicted molar refractivity (Wildman–Crippen MR) is 79.9 cm³/mol. The fourth-order valence-electron chi connectivity index (χ4n) is 2.58. The summed E-state index contributed by atoms with van der Waals surface area (Å²) in [7, 11) is 0. The number of anilines is 1. The van der Waals surface area contributed by atoms with Crippen molar-refractivity contribution in [2.45, 2.75) is 31.8 Å². The monoisotopic (exact) mass is 271 g/mol. The Morgan fingerprint density at radius 2 is 2.10 bits per heavy atom. The third-order valence-electron chi connectivity index (χ3n) is 3.64. The molecule has 1 aromatic carbocycles. The molecule has 0 saturated carbocycles. The van der Waals surface area contributed by atoms with E-state index in [-0.39, 0.29) is 0 Å². The van der Waals surface area contributed by atoms with Gasteiger partial charge < -0.3 is 10.1 Å². The number of nitrogens with one attached hydrogen (secondary N) is 1. The Kier molecular flexibility index (Phi) is 4.33. The van der Waals surface area contributed by atoms with Gasteiger partial charge in [-0.25, -0.2) is 0 Å². The summed E-state index contributed by atoms with van der Waals surface area (Å²) in [5.41, 5.74) is 2.37. The molecule has 4 heteroatoms. The zero-order valence-corrected chi connectivity index (χ0v) is 11.7. The topological polar surface area (TPSA) is 39.1 Å². The molecule has 1 aliphatic rings. The first-order chi connectivity index (χ1) is 9.90. The number of hydrogen-bond donors (Lipinski definition) is 1. The van der Waals surface area contributed by atoms with E-state index in [2.05, 4.69) is 40.9 Å². The van der Waals surface area contributed by atoms with Crippen LogP contribution in [-0.4, -0.2) is 29.0 Å². The average molecular weight is 271 g/mol. The minimum absolute atomic E-state index is 0.506. The third-order valence-corrected chi connectivity index (χ3v) is 3.64. The van der Waals surface area contributed by atoms with Gasteiger partial charge in [0.05, 0.1) is 18.4 Å². The highest BCUT2D eigenvalue weighted by Gasteiger charge is 2.12. The van der Waals surface area contributed by atoms with E-state index in [0.29, 0.717) is 6.04 Å². The SMILES string of the molecule is c1ccc(Cn2cc(NC3CCCOCC3)cn2)cc1. The normalized spacial score (nSPS) is 19.5. The number of ether oxygens (including phenoxy) is 1.